The van der Waals surface area contributed by atoms with Crippen molar-refractivity contribution in [1.29, 1.82) is 0 Å². The van der Waals surface area contributed by atoms with Crippen LogP contribution in [0.3, 0.4) is 0 Å². The van der Waals surface area contributed by atoms with Crippen LogP contribution in [-0.2, 0) is 4.74 Å². The normalized spacial score (nSPS) is 12.1. The van der Waals surface area contributed by atoms with E-state index in [0.717, 1.165) is 6.61 Å². The van der Waals surface area contributed by atoms with Crippen molar-refractivity contribution in [2.24, 2.45) is 0 Å². The molecule has 0 bridgehead atoms. The fourth-order valence-corrected chi connectivity index (χ4v) is 2.60. The van der Waals surface area contributed by atoms with Gasteiger partial charge in [0.1, 0.15) is 0 Å². The minimum absolute atomic E-state index is 0.654. The van der Waals surface area contributed by atoms with E-state index >= 15 is 0 Å². The fourth-order valence-electron chi connectivity index (χ4n) is 2.60. The molecule has 0 saturated carbocycles. The topological polar surface area (TPSA) is 9.23 Å². The molecule has 0 radical (unpaired) electrons. The van der Waals surface area contributed by atoms with Crippen molar-refractivity contribution in [3.63, 3.8) is 0 Å². The molecule has 23 heavy (non-hydrogen) atoms. The Morgan fingerprint density at radius 2 is 1.65 bits per heavy atom. The molecule has 0 fully saturated rings. The number of aryl methyl sites for hydroxylation is 3. The Morgan fingerprint density at radius 3 is 2.30 bits per heavy atom. The zero-order chi connectivity index (χ0) is 16.7. The summed E-state index contributed by atoms with van der Waals surface area (Å²) < 4.78 is 5.37. The Kier molecular flexibility index (Phi) is 6.37. The predicted molar refractivity (Wildman–Crippen MR) is 99.8 cm³/mol. The first kappa shape index (κ1) is 17.2. The SMILES string of the molecule is CCOC/C=C\C=C(/c1ccc(C)cc1)c1ccc(C)cc1C. The van der Waals surface area contributed by atoms with Gasteiger partial charge in [0, 0.05) is 6.61 Å². The van der Waals surface area contributed by atoms with Gasteiger partial charge in [0.15, 0.2) is 0 Å². The summed E-state index contributed by atoms with van der Waals surface area (Å²) >= 11 is 0. The lowest BCUT2D eigenvalue weighted by Gasteiger charge is -2.12. The summed E-state index contributed by atoms with van der Waals surface area (Å²) in [6.07, 6.45) is 6.33. The lowest BCUT2D eigenvalue weighted by atomic mass is 9.92. The average molecular weight is 306 g/mol. The number of benzene rings is 2. The minimum Gasteiger partial charge on any atom is -0.378 e. The molecule has 0 N–H and O–H groups in total. The summed E-state index contributed by atoms with van der Waals surface area (Å²) in [5.41, 5.74) is 7.64. The molecule has 2 aromatic rings. The van der Waals surface area contributed by atoms with Gasteiger partial charge in [-0.15, -0.1) is 0 Å². The molecule has 0 aliphatic carbocycles. The van der Waals surface area contributed by atoms with Gasteiger partial charge in [-0.2, -0.15) is 0 Å². The Morgan fingerprint density at radius 1 is 0.957 bits per heavy atom. The zero-order valence-corrected chi connectivity index (χ0v) is 14.6. The molecule has 1 nitrogen and oxygen atoms in total. The first-order valence-electron chi connectivity index (χ1n) is 8.21. The highest BCUT2D eigenvalue weighted by Gasteiger charge is 2.07. The summed E-state index contributed by atoms with van der Waals surface area (Å²) in [7, 11) is 0. The van der Waals surface area contributed by atoms with Crippen molar-refractivity contribution < 1.29 is 4.74 Å². The molecule has 120 valence electrons. The standard InChI is InChI=1S/C22H26O/c1-5-23-15-7-6-8-22(20-12-9-17(2)10-13-20)21-14-11-18(3)16-19(21)4/h6-14,16H,5,15H2,1-4H3/b7-6-,22-8+. The third-order valence-corrected chi connectivity index (χ3v) is 3.85. The molecular formula is C22H26O. The van der Waals surface area contributed by atoms with E-state index in [4.69, 9.17) is 4.74 Å². The molecule has 1 heteroatoms. The lowest BCUT2D eigenvalue weighted by molar-refractivity contribution is 0.177. The van der Waals surface area contributed by atoms with Gasteiger partial charge in [-0.3, -0.25) is 0 Å². The van der Waals surface area contributed by atoms with Gasteiger partial charge in [0.25, 0.3) is 0 Å². The molecule has 0 saturated heterocycles. The molecular weight excluding hydrogens is 280 g/mol. The number of hydrogen-bond donors (Lipinski definition) is 0. The second-order valence-corrected chi connectivity index (χ2v) is 5.85. The van der Waals surface area contributed by atoms with E-state index in [0.29, 0.717) is 6.61 Å². The second-order valence-electron chi connectivity index (χ2n) is 5.85. The van der Waals surface area contributed by atoms with Crippen LogP contribution in [0.15, 0.2) is 60.7 Å². The highest BCUT2D eigenvalue weighted by Crippen LogP contribution is 2.27. The summed E-state index contributed by atoms with van der Waals surface area (Å²) in [5.74, 6) is 0. The van der Waals surface area contributed by atoms with E-state index in [1.54, 1.807) is 0 Å². The largest absolute Gasteiger partial charge is 0.378 e. The maximum absolute atomic E-state index is 5.37. The van der Waals surface area contributed by atoms with Gasteiger partial charge in [-0.25, -0.2) is 0 Å². The number of hydrogen-bond acceptors (Lipinski definition) is 1. The summed E-state index contributed by atoms with van der Waals surface area (Å²) in [6, 6.07) is 15.3. The van der Waals surface area contributed by atoms with Gasteiger partial charge in [0.2, 0.25) is 0 Å². The minimum atomic E-state index is 0.654. The fraction of sp³-hybridized carbons (Fsp3) is 0.273. The first-order valence-corrected chi connectivity index (χ1v) is 8.21. The van der Waals surface area contributed by atoms with Gasteiger partial charge in [0.05, 0.1) is 6.61 Å². The molecule has 0 unspecified atom stereocenters. The van der Waals surface area contributed by atoms with E-state index in [1.165, 1.54) is 33.4 Å². The van der Waals surface area contributed by atoms with Crippen molar-refractivity contribution in [3.05, 3.63) is 88.5 Å². The summed E-state index contributed by atoms with van der Waals surface area (Å²) in [5, 5.41) is 0. The highest BCUT2D eigenvalue weighted by molar-refractivity contribution is 5.82. The van der Waals surface area contributed by atoms with Crippen molar-refractivity contribution in [1.82, 2.24) is 0 Å². The van der Waals surface area contributed by atoms with E-state index in [9.17, 15) is 0 Å². The molecule has 0 heterocycles. The van der Waals surface area contributed by atoms with Gasteiger partial charge in [-0.1, -0.05) is 71.8 Å². The molecule has 0 aliphatic heterocycles. The van der Waals surface area contributed by atoms with Gasteiger partial charge >= 0.3 is 0 Å². The van der Waals surface area contributed by atoms with Crippen LogP contribution in [0.25, 0.3) is 5.57 Å². The predicted octanol–water partition coefficient (Wildman–Crippen LogP) is 5.64. The van der Waals surface area contributed by atoms with Crippen LogP contribution >= 0.6 is 0 Å². The van der Waals surface area contributed by atoms with Crippen LogP contribution in [0.5, 0.6) is 0 Å². The third-order valence-electron chi connectivity index (χ3n) is 3.85. The smallest absolute Gasteiger partial charge is 0.0650 e. The Bertz CT molecular complexity index is 690. The lowest BCUT2D eigenvalue weighted by Crippen LogP contribution is -1.93. The summed E-state index contributed by atoms with van der Waals surface area (Å²) in [6.45, 7) is 9.84. The molecule has 2 aromatic carbocycles. The maximum atomic E-state index is 5.37. The van der Waals surface area contributed by atoms with Crippen LogP contribution in [0.2, 0.25) is 0 Å². The van der Waals surface area contributed by atoms with E-state index in [2.05, 4.69) is 81.5 Å². The number of ether oxygens (including phenoxy) is 1. The van der Waals surface area contributed by atoms with Crippen molar-refractivity contribution in [3.8, 4) is 0 Å². The van der Waals surface area contributed by atoms with Crippen LogP contribution < -0.4 is 0 Å². The van der Waals surface area contributed by atoms with Gasteiger partial charge in [-0.05, 0) is 50.0 Å². The third kappa shape index (κ3) is 4.94. The number of rotatable bonds is 6. The van der Waals surface area contributed by atoms with Crippen molar-refractivity contribution in [2.45, 2.75) is 27.7 Å². The van der Waals surface area contributed by atoms with E-state index in [1.807, 2.05) is 6.92 Å². The van der Waals surface area contributed by atoms with Crippen molar-refractivity contribution >= 4 is 5.57 Å². The molecule has 0 spiro atoms. The Labute approximate surface area is 140 Å². The van der Waals surface area contributed by atoms with Crippen LogP contribution in [0, 0.1) is 20.8 Å². The highest BCUT2D eigenvalue weighted by atomic mass is 16.5. The maximum Gasteiger partial charge on any atom is 0.0650 e. The van der Waals surface area contributed by atoms with E-state index < -0.39 is 0 Å². The molecule has 0 aliphatic rings. The Balaban J connectivity index is 2.40. The molecule has 0 atom stereocenters. The molecule has 0 amide bonds. The van der Waals surface area contributed by atoms with Crippen LogP contribution in [-0.4, -0.2) is 13.2 Å². The van der Waals surface area contributed by atoms with Gasteiger partial charge < -0.3 is 4.74 Å². The quantitative estimate of drug-likeness (QED) is 0.496. The summed E-state index contributed by atoms with van der Waals surface area (Å²) in [4.78, 5) is 0. The average Bonchev–Trinajstić information content (AvgIpc) is 2.53. The molecule has 2 rings (SSSR count). The second kappa shape index (κ2) is 8.50. The van der Waals surface area contributed by atoms with Crippen LogP contribution in [0.4, 0.5) is 0 Å². The van der Waals surface area contributed by atoms with Crippen molar-refractivity contribution in [2.75, 3.05) is 13.2 Å². The monoisotopic (exact) mass is 306 g/mol. The van der Waals surface area contributed by atoms with E-state index in [-0.39, 0.29) is 0 Å². The Hall–Kier alpha value is -2.12. The zero-order valence-electron chi connectivity index (χ0n) is 14.6. The molecule has 0 aromatic heterocycles. The first-order chi connectivity index (χ1) is 11.1. The van der Waals surface area contributed by atoms with Crippen LogP contribution in [0.1, 0.15) is 34.7 Å². The number of allylic oxidation sites excluding steroid dienone is 2.